The second-order valence-electron chi connectivity index (χ2n) is 11.1. The lowest BCUT2D eigenvalue weighted by Crippen LogP contribution is -2.64. The summed E-state index contributed by atoms with van der Waals surface area (Å²) in [6.07, 6.45) is 4.18. The van der Waals surface area contributed by atoms with Crippen molar-refractivity contribution in [1.29, 1.82) is 0 Å². The molecule has 4 aliphatic rings. The van der Waals surface area contributed by atoms with Gasteiger partial charge in [-0.3, -0.25) is 14.6 Å². The van der Waals surface area contributed by atoms with Gasteiger partial charge in [-0.1, -0.05) is 42.8 Å². The summed E-state index contributed by atoms with van der Waals surface area (Å²) in [5.41, 5.74) is -0.326. The van der Waals surface area contributed by atoms with Crippen LogP contribution in [-0.2, 0) is 20.9 Å². The molecule has 5 rings (SSSR count). The van der Waals surface area contributed by atoms with Crippen molar-refractivity contribution in [2.24, 2.45) is 5.92 Å². The number of carbonyl (C=O) groups is 2. The first-order chi connectivity index (χ1) is 17.2. The monoisotopic (exact) mass is 498 g/mol. The number of carboxylic acids is 1. The first-order valence-electron chi connectivity index (χ1n) is 13.3. The largest absolute Gasteiger partial charge is 0.480 e. The summed E-state index contributed by atoms with van der Waals surface area (Å²) < 4.78 is 5.85. The van der Waals surface area contributed by atoms with Gasteiger partial charge in [-0.25, -0.2) is 4.79 Å². The highest BCUT2D eigenvalue weighted by molar-refractivity contribution is 5.85. The van der Waals surface area contributed by atoms with E-state index >= 15 is 0 Å². The van der Waals surface area contributed by atoms with Crippen molar-refractivity contribution in [3.63, 3.8) is 0 Å². The van der Waals surface area contributed by atoms with E-state index in [1.165, 1.54) is 5.57 Å². The Morgan fingerprint density at radius 3 is 2.67 bits per heavy atom. The van der Waals surface area contributed by atoms with E-state index in [0.717, 1.165) is 43.2 Å². The Labute approximate surface area is 212 Å². The third-order valence-electron chi connectivity index (χ3n) is 8.98. The molecular weight excluding hydrogens is 460 g/mol. The number of carbonyl (C=O) groups excluding carboxylic acids is 1. The van der Waals surface area contributed by atoms with Crippen LogP contribution in [0.1, 0.15) is 57.4 Å². The van der Waals surface area contributed by atoms with Gasteiger partial charge in [0.1, 0.15) is 5.60 Å². The minimum Gasteiger partial charge on any atom is -0.480 e. The van der Waals surface area contributed by atoms with E-state index in [2.05, 4.69) is 11.8 Å². The zero-order chi connectivity index (χ0) is 25.5. The summed E-state index contributed by atoms with van der Waals surface area (Å²) in [4.78, 5) is 28.8. The quantitative estimate of drug-likeness (QED) is 0.388. The maximum absolute atomic E-state index is 13.4. The average molecular weight is 499 g/mol. The van der Waals surface area contributed by atoms with Crippen LogP contribution >= 0.6 is 0 Å². The Morgan fingerprint density at radius 1 is 1.17 bits per heavy atom. The number of benzene rings is 1. The highest BCUT2D eigenvalue weighted by atomic mass is 16.6. The van der Waals surface area contributed by atoms with Gasteiger partial charge in [-0.15, -0.1) is 0 Å². The number of rotatable bonds is 7. The van der Waals surface area contributed by atoms with E-state index in [0.29, 0.717) is 38.5 Å². The molecule has 196 valence electrons. The summed E-state index contributed by atoms with van der Waals surface area (Å²) in [6.45, 7) is 4.20. The van der Waals surface area contributed by atoms with Gasteiger partial charge in [0, 0.05) is 38.6 Å². The lowest BCUT2D eigenvalue weighted by molar-refractivity contribution is -0.174. The van der Waals surface area contributed by atoms with E-state index in [-0.39, 0.29) is 19.0 Å². The smallest absolute Gasteiger partial charge is 0.342 e. The first kappa shape index (κ1) is 25.4. The molecule has 1 saturated carbocycles. The van der Waals surface area contributed by atoms with Crippen LogP contribution in [0, 0.1) is 5.92 Å². The molecular formula is C28H38N2O6. The van der Waals surface area contributed by atoms with Crippen molar-refractivity contribution in [1.82, 2.24) is 9.80 Å². The van der Waals surface area contributed by atoms with E-state index in [4.69, 9.17) is 4.74 Å². The van der Waals surface area contributed by atoms with Gasteiger partial charge in [0.25, 0.3) is 0 Å². The highest BCUT2D eigenvalue weighted by Gasteiger charge is 2.70. The molecule has 1 aromatic carbocycles. The molecule has 3 fully saturated rings. The van der Waals surface area contributed by atoms with Gasteiger partial charge in [0.05, 0.1) is 6.54 Å². The van der Waals surface area contributed by atoms with Crippen molar-refractivity contribution in [2.75, 3.05) is 26.2 Å². The summed E-state index contributed by atoms with van der Waals surface area (Å²) in [5, 5.41) is 33.3. The van der Waals surface area contributed by atoms with Crippen molar-refractivity contribution >= 4 is 11.9 Å². The minimum absolute atomic E-state index is 0.00118. The average Bonchev–Trinajstić information content (AvgIpc) is 3.06. The Morgan fingerprint density at radius 2 is 1.94 bits per heavy atom. The molecule has 2 aliphatic heterocycles. The Bertz CT molecular complexity index is 1030. The number of carboxylic acid groups (broad SMARTS) is 1. The number of esters is 1. The molecule has 3 unspecified atom stereocenters. The fourth-order valence-electron chi connectivity index (χ4n) is 7.09. The molecule has 36 heavy (non-hydrogen) atoms. The van der Waals surface area contributed by atoms with Crippen LogP contribution in [0.25, 0.3) is 0 Å². The van der Waals surface area contributed by atoms with Crippen LogP contribution < -0.4 is 0 Å². The third-order valence-corrected chi connectivity index (χ3v) is 8.98. The molecule has 2 heterocycles. The Balaban J connectivity index is 1.44. The first-order valence-corrected chi connectivity index (χ1v) is 13.3. The van der Waals surface area contributed by atoms with Crippen molar-refractivity contribution in [3.8, 4) is 0 Å². The molecule has 0 spiro atoms. The summed E-state index contributed by atoms with van der Waals surface area (Å²) in [7, 11) is 0. The number of hydrogen-bond acceptors (Lipinski definition) is 7. The van der Waals surface area contributed by atoms with E-state index in [1.807, 2.05) is 35.2 Å². The molecule has 3 N–H and O–H groups in total. The number of piperazine rings is 1. The maximum atomic E-state index is 13.4. The van der Waals surface area contributed by atoms with Crippen molar-refractivity contribution < 1.29 is 29.6 Å². The molecule has 0 bridgehead atoms. The van der Waals surface area contributed by atoms with Gasteiger partial charge in [-0.2, -0.15) is 0 Å². The van der Waals surface area contributed by atoms with Crippen LogP contribution in [-0.4, -0.2) is 86.6 Å². The molecule has 1 aromatic rings. The van der Waals surface area contributed by atoms with E-state index in [1.54, 1.807) is 0 Å². The van der Waals surface area contributed by atoms with Crippen LogP contribution in [0.5, 0.6) is 0 Å². The minimum atomic E-state index is -2.04. The Hall–Kier alpha value is -2.26. The molecule has 0 amide bonds. The van der Waals surface area contributed by atoms with Crippen molar-refractivity contribution in [2.45, 2.75) is 81.8 Å². The van der Waals surface area contributed by atoms with Crippen LogP contribution in [0.2, 0.25) is 0 Å². The van der Waals surface area contributed by atoms with Crippen molar-refractivity contribution in [3.05, 3.63) is 47.0 Å². The van der Waals surface area contributed by atoms with E-state index < -0.39 is 29.2 Å². The van der Waals surface area contributed by atoms with Crippen LogP contribution in [0.4, 0.5) is 0 Å². The molecule has 8 heteroatoms. The molecule has 8 nitrogen and oxygen atoms in total. The van der Waals surface area contributed by atoms with E-state index in [9.17, 15) is 24.9 Å². The second kappa shape index (κ2) is 9.89. The molecule has 0 aromatic heterocycles. The number of allylic oxidation sites excluding steroid dienone is 1. The Kier molecular flexibility index (Phi) is 6.98. The third kappa shape index (κ3) is 4.38. The fraction of sp³-hybridized carbons (Fsp3) is 0.643. The predicted octanol–water partition coefficient (Wildman–Crippen LogP) is 2.34. The molecule has 2 aliphatic carbocycles. The van der Waals surface area contributed by atoms with Gasteiger partial charge in [0.15, 0.2) is 11.7 Å². The topological polar surface area (TPSA) is 111 Å². The highest BCUT2D eigenvalue weighted by Crippen LogP contribution is 2.54. The number of aliphatic hydroxyl groups is 2. The number of ether oxygens (including phenoxy) is 1. The molecule has 0 radical (unpaired) electrons. The lowest BCUT2D eigenvalue weighted by Gasteiger charge is -2.48. The summed E-state index contributed by atoms with van der Waals surface area (Å²) in [6, 6.07) is 9.66. The SMILES string of the molecule is CCC1=C2[C@H](CCC1)CCC1(O)[C@H]2OC(=O)C1(O)CC1CN(CC(=O)O)CCN1Cc1ccccc1. The van der Waals surface area contributed by atoms with Gasteiger partial charge < -0.3 is 20.1 Å². The normalized spacial score (nSPS) is 35.3. The van der Waals surface area contributed by atoms with Crippen LogP contribution in [0.3, 0.4) is 0 Å². The number of aliphatic carboxylic acids is 1. The predicted molar refractivity (Wildman–Crippen MR) is 133 cm³/mol. The number of nitrogens with zero attached hydrogens (tertiary/aromatic N) is 2. The van der Waals surface area contributed by atoms with Gasteiger partial charge in [-0.05, 0) is 55.6 Å². The zero-order valence-electron chi connectivity index (χ0n) is 21.1. The van der Waals surface area contributed by atoms with Gasteiger partial charge >= 0.3 is 11.9 Å². The number of fused-ring (bicyclic) bond motifs is 3. The molecule has 5 atom stereocenters. The summed E-state index contributed by atoms with van der Waals surface area (Å²) in [5.74, 6) is -1.36. The second-order valence-corrected chi connectivity index (χ2v) is 11.1. The van der Waals surface area contributed by atoms with Crippen LogP contribution in [0.15, 0.2) is 41.5 Å². The number of hydrogen-bond donors (Lipinski definition) is 3. The maximum Gasteiger partial charge on any atom is 0.342 e. The zero-order valence-corrected chi connectivity index (χ0v) is 21.1. The standard InChI is InChI=1S/C28H38N2O6/c1-2-20-9-6-10-21-11-12-27(34)25(24(20)21)36-26(33)28(27,35)15-22-17-29(18-23(31)32)13-14-30(22)16-19-7-4-3-5-8-19/h3-5,7-8,21-22,25,34-35H,2,6,9-18H2,1H3,(H,31,32)/t21-,22?,25+,27?,28?/m1/s1. The summed E-state index contributed by atoms with van der Waals surface area (Å²) >= 11 is 0. The molecule has 2 saturated heterocycles. The van der Waals surface area contributed by atoms with Gasteiger partial charge in [0.2, 0.25) is 0 Å². The fourth-order valence-corrected chi connectivity index (χ4v) is 7.09. The lowest BCUT2D eigenvalue weighted by atomic mass is 9.62.